The second-order valence-electron chi connectivity index (χ2n) is 5.60. The van der Waals surface area contributed by atoms with Crippen LogP contribution >= 0.6 is 0 Å². The lowest BCUT2D eigenvalue weighted by Gasteiger charge is -2.17. The van der Waals surface area contributed by atoms with Crippen molar-refractivity contribution in [3.63, 3.8) is 0 Å². The van der Waals surface area contributed by atoms with Gasteiger partial charge in [0.1, 0.15) is 5.82 Å². The molecule has 0 saturated carbocycles. The molecule has 2 N–H and O–H groups in total. The van der Waals surface area contributed by atoms with Crippen LogP contribution in [0.1, 0.15) is 50.2 Å². The highest BCUT2D eigenvalue weighted by molar-refractivity contribution is 5.67. The number of nitrogens with one attached hydrogen (secondary N) is 1. The van der Waals surface area contributed by atoms with Gasteiger partial charge in [0.05, 0.1) is 6.42 Å². The van der Waals surface area contributed by atoms with Crippen LogP contribution in [0.25, 0.3) is 0 Å². The first-order chi connectivity index (χ1) is 10.0. The van der Waals surface area contributed by atoms with Crippen LogP contribution in [-0.2, 0) is 11.2 Å². The summed E-state index contributed by atoms with van der Waals surface area (Å²) in [6.45, 7) is 4.72. The molecule has 1 aromatic rings. The fraction of sp³-hybridized carbons (Fsp3) is 0.588. The molecule has 0 aliphatic heterocycles. The van der Waals surface area contributed by atoms with Crippen molar-refractivity contribution in [1.82, 2.24) is 5.32 Å². The van der Waals surface area contributed by atoms with Gasteiger partial charge in [0.15, 0.2) is 0 Å². The summed E-state index contributed by atoms with van der Waals surface area (Å²) in [4.78, 5) is 11.0. The van der Waals surface area contributed by atoms with E-state index in [4.69, 9.17) is 5.11 Å². The summed E-state index contributed by atoms with van der Waals surface area (Å²) in [6, 6.07) is 4.87. The molecule has 0 saturated heterocycles. The van der Waals surface area contributed by atoms with Crippen molar-refractivity contribution < 1.29 is 14.3 Å². The van der Waals surface area contributed by atoms with E-state index in [-0.39, 0.29) is 18.3 Å². The average Bonchev–Trinajstić information content (AvgIpc) is 2.42. The molecule has 1 aromatic carbocycles. The number of carboxylic acids is 1. The minimum atomic E-state index is -0.806. The Labute approximate surface area is 126 Å². The van der Waals surface area contributed by atoms with E-state index in [2.05, 4.69) is 12.2 Å². The van der Waals surface area contributed by atoms with Crippen LogP contribution in [-0.4, -0.2) is 23.7 Å². The molecular formula is C17H26FNO2. The van der Waals surface area contributed by atoms with E-state index in [1.807, 2.05) is 0 Å². The number of halogens is 1. The Kier molecular flexibility index (Phi) is 7.98. The molecule has 0 spiro atoms. The van der Waals surface area contributed by atoms with Crippen LogP contribution in [0.5, 0.6) is 0 Å². The van der Waals surface area contributed by atoms with Crippen LogP contribution in [0.15, 0.2) is 18.2 Å². The van der Waals surface area contributed by atoms with Gasteiger partial charge in [0.2, 0.25) is 0 Å². The normalized spacial score (nSPS) is 12.3. The van der Waals surface area contributed by atoms with Gasteiger partial charge in [-0.25, -0.2) is 4.39 Å². The first-order valence-electron chi connectivity index (χ1n) is 7.73. The lowest BCUT2D eigenvalue weighted by atomic mass is 10.0. The minimum Gasteiger partial charge on any atom is -0.481 e. The first-order valence-corrected chi connectivity index (χ1v) is 7.73. The van der Waals surface area contributed by atoms with Crippen LogP contribution < -0.4 is 5.32 Å². The average molecular weight is 295 g/mol. The number of rotatable bonds is 10. The van der Waals surface area contributed by atoms with E-state index in [0.29, 0.717) is 12.0 Å². The van der Waals surface area contributed by atoms with E-state index >= 15 is 0 Å². The minimum absolute atomic E-state index is 0.0875. The Morgan fingerprint density at radius 1 is 1.33 bits per heavy atom. The van der Waals surface area contributed by atoms with Gasteiger partial charge in [-0.1, -0.05) is 38.3 Å². The Morgan fingerprint density at radius 2 is 2.10 bits per heavy atom. The number of carboxylic acid groups (broad SMARTS) is 1. The summed E-state index contributed by atoms with van der Waals surface area (Å²) in [5.74, 6) is -1.03. The summed E-state index contributed by atoms with van der Waals surface area (Å²) >= 11 is 0. The highest BCUT2D eigenvalue weighted by Gasteiger charge is 2.13. The monoisotopic (exact) mass is 295 g/mol. The van der Waals surface area contributed by atoms with Gasteiger partial charge in [-0.05, 0) is 43.5 Å². The van der Waals surface area contributed by atoms with Gasteiger partial charge in [-0.2, -0.15) is 0 Å². The van der Waals surface area contributed by atoms with Gasteiger partial charge in [-0.15, -0.1) is 0 Å². The molecular weight excluding hydrogens is 269 g/mol. The fourth-order valence-corrected chi connectivity index (χ4v) is 2.40. The maximum atomic E-state index is 13.3. The molecule has 0 heterocycles. The van der Waals surface area contributed by atoms with Crippen LogP contribution in [0, 0.1) is 12.7 Å². The fourth-order valence-electron chi connectivity index (χ4n) is 2.40. The molecule has 0 aromatic heterocycles. The van der Waals surface area contributed by atoms with Crippen molar-refractivity contribution >= 4 is 5.97 Å². The molecule has 0 aliphatic rings. The molecule has 21 heavy (non-hydrogen) atoms. The Balaban J connectivity index is 2.52. The molecule has 118 valence electrons. The second kappa shape index (κ2) is 9.50. The van der Waals surface area contributed by atoms with Gasteiger partial charge < -0.3 is 10.4 Å². The van der Waals surface area contributed by atoms with Crippen molar-refractivity contribution in [2.45, 2.75) is 58.4 Å². The van der Waals surface area contributed by atoms with Crippen molar-refractivity contribution in [3.8, 4) is 0 Å². The van der Waals surface area contributed by atoms with E-state index in [9.17, 15) is 9.18 Å². The summed E-state index contributed by atoms with van der Waals surface area (Å²) in [5, 5.41) is 12.3. The molecule has 1 unspecified atom stereocenters. The molecule has 0 amide bonds. The topological polar surface area (TPSA) is 49.3 Å². The van der Waals surface area contributed by atoms with E-state index in [1.165, 1.54) is 25.3 Å². The third-order valence-electron chi connectivity index (χ3n) is 3.59. The quantitative estimate of drug-likeness (QED) is 0.647. The largest absolute Gasteiger partial charge is 0.481 e. The van der Waals surface area contributed by atoms with Crippen molar-refractivity contribution in [2.24, 2.45) is 0 Å². The standard InChI is InChI=1S/C17H26FNO2/c1-3-4-5-6-9-19-15(12-17(20)21)11-14-7-8-16(18)13(2)10-14/h7-8,10,15,19H,3-6,9,11-12H2,1-2H3,(H,20,21). The molecule has 4 heteroatoms. The molecule has 3 nitrogen and oxygen atoms in total. The summed E-state index contributed by atoms with van der Waals surface area (Å²) < 4.78 is 13.3. The highest BCUT2D eigenvalue weighted by atomic mass is 19.1. The van der Waals surface area contributed by atoms with Gasteiger partial charge in [0, 0.05) is 6.04 Å². The van der Waals surface area contributed by atoms with Gasteiger partial charge in [-0.3, -0.25) is 4.79 Å². The third kappa shape index (κ3) is 7.23. The zero-order chi connectivity index (χ0) is 15.7. The number of aliphatic carboxylic acids is 1. The second-order valence-corrected chi connectivity index (χ2v) is 5.60. The van der Waals surface area contributed by atoms with Crippen LogP contribution in [0.3, 0.4) is 0 Å². The predicted octanol–water partition coefficient (Wildman–Crippen LogP) is 3.69. The van der Waals surface area contributed by atoms with Crippen molar-refractivity contribution in [2.75, 3.05) is 6.54 Å². The number of aryl methyl sites for hydroxylation is 1. The number of unbranched alkanes of at least 4 members (excludes halogenated alkanes) is 3. The van der Waals surface area contributed by atoms with Gasteiger partial charge in [0.25, 0.3) is 0 Å². The molecule has 0 aliphatic carbocycles. The van der Waals surface area contributed by atoms with E-state index < -0.39 is 5.97 Å². The zero-order valence-electron chi connectivity index (χ0n) is 13.0. The van der Waals surface area contributed by atoms with E-state index in [0.717, 1.165) is 18.5 Å². The van der Waals surface area contributed by atoms with Gasteiger partial charge >= 0.3 is 5.97 Å². The molecule has 0 radical (unpaired) electrons. The molecule has 1 atom stereocenters. The maximum Gasteiger partial charge on any atom is 0.304 e. The lowest BCUT2D eigenvalue weighted by molar-refractivity contribution is -0.137. The number of benzene rings is 1. The smallest absolute Gasteiger partial charge is 0.304 e. The first kappa shape index (κ1) is 17.6. The Hall–Kier alpha value is -1.42. The Bertz CT molecular complexity index is 448. The number of carbonyl (C=O) groups is 1. The van der Waals surface area contributed by atoms with Crippen molar-refractivity contribution in [3.05, 3.63) is 35.1 Å². The summed E-state index contributed by atoms with van der Waals surface area (Å²) in [7, 11) is 0. The summed E-state index contributed by atoms with van der Waals surface area (Å²) in [5.41, 5.74) is 1.57. The van der Waals surface area contributed by atoms with Crippen LogP contribution in [0.2, 0.25) is 0 Å². The molecule has 1 rings (SSSR count). The lowest BCUT2D eigenvalue weighted by Crippen LogP contribution is -2.34. The Morgan fingerprint density at radius 3 is 2.71 bits per heavy atom. The third-order valence-corrected chi connectivity index (χ3v) is 3.59. The zero-order valence-corrected chi connectivity index (χ0v) is 13.0. The predicted molar refractivity (Wildman–Crippen MR) is 83.0 cm³/mol. The van der Waals surface area contributed by atoms with Crippen LogP contribution in [0.4, 0.5) is 4.39 Å². The maximum absolute atomic E-state index is 13.3. The van der Waals surface area contributed by atoms with Crippen molar-refractivity contribution in [1.29, 1.82) is 0 Å². The van der Waals surface area contributed by atoms with E-state index in [1.54, 1.807) is 19.1 Å². The summed E-state index contributed by atoms with van der Waals surface area (Å²) in [6.07, 6.45) is 5.33. The molecule has 0 fully saturated rings. The molecule has 0 bridgehead atoms. The highest BCUT2D eigenvalue weighted by Crippen LogP contribution is 2.12. The number of hydrogen-bond donors (Lipinski definition) is 2. The number of hydrogen-bond acceptors (Lipinski definition) is 2. The SMILES string of the molecule is CCCCCCNC(CC(=O)O)Cc1ccc(F)c(C)c1.